The minimum atomic E-state index is -0.349. The smallest absolute Gasteiger partial charge is 0.323 e. The predicted octanol–water partition coefficient (Wildman–Crippen LogP) is 4.37. The number of ether oxygens (including phenoxy) is 3. The number of carbonyl (C=O) groups is 1. The molecule has 2 aromatic heterocycles. The summed E-state index contributed by atoms with van der Waals surface area (Å²) >= 11 is 0. The second-order valence-corrected chi connectivity index (χ2v) is 7.02. The molecule has 0 aliphatic carbocycles. The van der Waals surface area contributed by atoms with Gasteiger partial charge in [0, 0.05) is 11.3 Å². The molecule has 4 aromatic rings. The van der Waals surface area contributed by atoms with Gasteiger partial charge in [-0.25, -0.2) is 14.3 Å². The minimum Gasteiger partial charge on any atom is -0.493 e. The summed E-state index contributed by atoms with van der Waals surface area (Å²) in [6.45, 7) is 1.99. The van der Waals surface area contributed by atoms with Gasteiger partial charge >= 0.3 is 6.03 Å². The van der Waals surface area contributed by atoms with E-state index in [1.165, 1.54) is 0 Å². The number of hydrogen-bond acceptors (Lipinski definition) is 6. The van der Waals surface area contributed by atoms with Crippen LogP contribution in [0.2, 0.25) is 0 Å². The Bertz CT molecular complexity index is 1240. The summed E-state index contributed by atoms with van der Waals surface area (Å²) in [5, 5.41) is 10.1. The van der Waals surface area contributed by atoms with Crippen molar-refractivity contribution in [2.75, 3.05) is 32.0 Å². The molecule has 4 rings (SSSR count). The van der Waals surface area contributed by atoms with Gasteiger partial charge < -0.3 is 24.8 Å². The van der Waals surface area contributed by atoms with Crippen LogP contribution < -0.4 is 24.8 Å². The molecule has 0 atom stereocenters. The van der Waals surface area contributed by atoms with Crippen LogP contribution in [0.1, 0.15) is 5.56 Å². The summed E-state index contributed by atoms with van der Waals surface area (Å²) in [6.07, 6.45) is 1.69. The largest absolute Gasteiger partial charge is 0.493 e. The maximum Gasteiger partial charge on any atom is 0.323 e. The van der Waals surface area contributed by atoms with Crippen molar-refractivity contribution in [2.45, 2.75) is 6.92 Å². The summed E-state index contributed by atoms with van der Waals surface area (Å²) in [4.78, 5) is 16.9. The van der Waals surface area contributed by atoms with Crippen molar-refractivity contribution < 1.29 is 19.0 Å². The third kappa shape index (κ3) is 4.27. The van der Waals surface area contributed by atoms with E-state index in [0.717, 1.165) is 5.56 Å². The van der Waals surface area contributed by atoms with Crippen molar-refractivity contribution in [3.05, 3.63) is 60.3 Å². The zero-order valence-electron chi connectivity index (χ0n) is 18.2. The molecule has 2 amide bonds. The molecule has 0 saturated heterocycles. The Morgan fingerprint density at radius 1 is 0.875 bits per heavy atom. The second kappa shape index (κ2) is 8.84. The lowest BCUT2D eigenvalue weighted by molar-refractivity contribution is 0.262. The van der Waals surface area contributed by atoms with Crippen molar-refractivity contribution in [3.63, 3.8) is 0 Å². The molecule has 9 heteroatoms. The molecule has 0 fully saturated rings. The van der Waals surface area contributed by atoms with Crippen LogP contribution in [0.15, 0.2) is 54.7 Å². The Labute approximate surface area is 184 Å². The quantitative estimate of drug-likeness (QED) is 0.468. The van der Waals surface area contributed by atoms with Gasteiger partial charge in [0.2, 0.25) is 5.75 Å². The van der Waals surface area contributed by atoms with Gasteiger partial charge in [-0.3, -0.25) is 0 Å². The first-order valence-electron chi connectivity index (χ1n) is 9.82. The van der Waals surface area contributed by atoms with E-state index in [1.807, 2.05) is 31.2 Å². The first-order chi connectivity index (χ1) is 15.5. The van der Waals surface area contributed by atoms with Crippen LogP contribution in [0, 0.1) is 6.92 Å². The summed E-state index contributed by atoms with van der Waals surface area (Å²) in [5.41, 5.74) is 3.73. The molecule has 2 heterocycles. The summed E-state index contributed by atoms with van der Waals surface area (Å²) in [7, 11) is 4.66. The molecule has 0 saturated carbocycles. The zero-order valence-corrected chi connectivity index (χ0v) is 18.2. The maximum atomic E-state index is 12.3. The Hall–Kier alpha value is -4.27. The number of aromatic nitrogens is 3. The maximum absolute atomic E-state index is 12.3. The van der Waals surface area contributed by atoms with Crippen LogP contribution in [0.5, 0.6) is 17.2 Å². The second-order valence-electron chi connectivity index (χ2n) is 7.02. The van der Waals surface area contributed by atoms with Crippen LogP contribution in [-0.4, -0.2) is 42.0 Å². The van der Waals surface area contributed by atoms with Crippen LogP contribution in [-0.2, 0) is 0 Å². The molecule has 0 unspecified atom stereocenters. The van der Waals surface area contributed by atoms with Crippen molar-refractivity contribution in [2.24, 2.45) is 0 Å². The molecule has 0 aliphatic rings. The number of rotatable bonds is 6. The van der Waals surface area contributed by atoms with Gasteiger partial charge in [0.05, 0.1) is 33.2 Å². The highest BCUT2D eigenvalue weighted by molar-refractivity contribution is 5.99. The molecule has 32 heavy (non-hydrogen) atoms. The van der Waals surface area contributed by atoms with Gasteiger partial charge in [-0.05, 0) is 43.3 Å². The molecular weight excluding hydrogens is 410 g/mol. The molecule has 2 N–H and O–H groups in total. The van der Waals surface area contributed by atoms with Crippen molar-refractivity contribution in [3.8, 4) is 28.6 Å². The van der Waals surface area contributed by atoms with Crippen molar-refractivity contribution in [1.82, 2.24) is 14.6 Å². The monoisotopic (exact) mass is 433 g/mol. The number of urea groups is 1. The Balaban J connectivity index is 1.58. The van der Waals surface area contributed by atoms with Crippen molar-refractivity contribution >= 4 is 23.1 Å². The van der Waals surface area contributed by atoms with Crippen LogP contribution in [0.3, 0.4) is 0 Å². The fourth-order valence-electron chi connectivity index (χ4n) is 3.22. The summed E-state index contributed by atoms with van der Waals surface area (Å²) in [5.74, 6) is 1.99. The number of methoxy groups -OCH3 is 3. The lowest BCUT2D eigenvalue weighted by atomic mass is 10.1. The highest BCUT2D eigenvalue weighted by Crippen LogP contribution is 2.40. The van der Waals surface area contributed by atoms with E-state index in [1.54, 1.807) is 56.3 Å². The van der Waals surface area contributed by atoms with Crippen LogP contribution >= 0.6 is 0 Å². The molecule has 0 aliphatic heterocycles. The van der Waals surface area contributed by atoms with Crippen LogP contribution in [0.4, 0.5) is 16.2 Å². The number of amides is 2. The Morgan fingerprint density at radius 2 is 1.50 bits per heavy atom. The number of fused-ring (bicyclic) bond motifs is 1. The third-order valence-corrected chi connectivity index (χ3v) is 4.82. The van der Waals surface area contributed by atoms with Gasteiger partial charge in [-0.2, -0.15) is 0 Å². The first kappa shape index (κ1) is 21.0. The molecule has 0 bridgehead atoms. The van der Waals surface area contributed by atoms with E-state index in [4.69, 9.17) is 14.2 Å². The van der Waals surface area contributed by atoms with Crippen LogP contribution in [0.25, 0.3) is 17.0 Å². The van der Waals surface area contributed by atoms with Gasteiger partial charge in [0.1, 0.15) is 0 Å². The van der Waals surface area contributed by atoms with Gasteiger partial charge in [-0.15, -0.1) is 5.10 Å². The highest BCUT2D eigenvalue weighted by Gasteiger charge is 2.17. The van der Waals surface area contributed by atoms with E-state index in [0.29, 0.717) is 45.7 Å². The zero-order chi connectivity index (χ0) is 22.7. The topological polar surface area (TPSA) is 99.0 Å². The Kier molecular flexibility index (Phi) is 5.80. The van der Waals surface area contributed by atoms with Gasteiger partial charge in [0.15, 0.2) is 23.0 Å². The number of nitrogens with one attached hydrogen (secondary N) is 2. The Morgan fingerprint density at radius 3 is 2.12 bits per heavy atom. The van der Waals surface area contributed by atoms with E-state index in [2.05, 4.69) is 20.7 Å². The number of benzene rings is 2. The minimum absolute atomic E-state index is 0.349. The van der Waals surface area contributed by atoms with E-state index in [9.17, 15) is 4.79 Å². The summed E-state index contributed by atoms with van der Waals surface area (Å²) in [6, 6.07) is 14.3. The number of anilines is 2. The average Bonchev–Trinajstić information content (AvgIpc) is 3.23. The molecule has 2 aromatic carbocycles. The number of hydrogen-bond donors (Lipinski definition) is 2. The first-order valence-corrected chi connectivity index (χ1v) is 9.82. The molecule has 0 spiro atoms. The average molecular weight is 433 g/mol. The molecular formula is C23H23N5O4. The standard InChI is InChI=1S/C23H23N5O4/c1-14-5-7-16(8-6-14)24-23(29)25-17-9-10-20-26-22(27-28(20)13-17)15-11-18(30-2)21(32-4)19(12-15)31-3/h5-13H,1-4H3,(H2,24,25,29). The molecule has 0 radical (unpaired) electrons. The van der Waals surface area contributed by atoms with Gasteiger partial charge in [0.25, 0.3) is 0 Å². The normalized spacial score (nSPS) is 10.6. The fraction of sp³-hybridized carbons (Fsp3) is 0.174. The molecule has 164 valence electrons. The number of aryl methyl sites for hydroxylation is 1. The highest BCUT2D eigenvalue weighted by atomic mass is 16.5. The van der Waals surface area contributed by atoms with E-state index in [-0.39, 0.29) is 6.03 Å². The predicted molar refractivity (Wildman–Crippen MR) is 122 cm³/mol. The third-order valence-electron chi connectivity index (χ3n) is 4.82. The SMILES string of the molecule is COc1cc(-c2nc3ccc(NC(=O)Nc4ccc(C)cc4)cn3n2)cc(OC)c1OC. The van der Waals surface area contributed by atoms with Crippen molar-refractivity contribution in [1.29, 1.82) is 0 Å². The lowest BCUT2D eigenvalue weighted by Gasteiger charge is -2.12. The fourth-order valence-corrected chi connectivity index (χ4v) is 3.22. The number of carbonyl (C=O) groups excluding carboxylic acids is 1. The van der Waals surface area contributed by atoms with E-state index < -0.39 is 0 Å². The number of pyridine rings is 1. The number of nitrogens with zero attached hydrogens (tertiary/aromatic N) is 3. The summed E-state index contributed by atoms with van der Waals surface area (Å²) < 4.78 is 17.8. The lowest BCUT2D eigenvalue weighted by Crippen LogP contribution is -2.19. The van der Waals surface area contributed by atoms with Gasteiger partial charge in [-0.1, -0.05) is 17.7 Å². The van der Waals surface area contributed by atoms with E-state index >= 15 is 0 Å². The molecule has 9 nitrogen and oxygen atoms in total.